The van der Waals surface area contributed by atoms with E-state index in [1.54, 1.807) is 0 Å². The van der Waals surface area contributed by atoms with Crippen molar-refractivity contribution in [3.63, 3.8) is 0 Å². The van der Waals surface area contributed by atoms with Crippen molar-refractivity contribution in [2.75, 3.05) is 13.2 Å². The van der Waals surface area contributed by atoms with E-state index < -0.39 is 0 Å². The topological polar surface area (TPSA) is 62.3 Å². The first-order valence-electron chi connectivity index (χ1n) is 7.48. The molecule has 2 heterocycles. The molecule has 0 aliphatic carbocycles. The molecule has 2 N–H and O–H groups in total. The van der Waals surface area contributed by atoms with Crippen molar-refractivity contribution in [2.24, 2.45) is 5.73 Å². The van der Waals surface area contributed by atoms with Crippen molar-refractivity contribution in [3.05, 3.63) is 52.8 Å². The summed E-state index contributed by atoms with van der Waals surface area (Å²) in [6.07, 6.45) is 0. The lowest BCUT2D eigenvalue weighted by Crippen LogP contribution is -2.15. The lowest BCUT2D eigenvalue weighted by atomic mass is 10.2. The van der Waals surface area contributed by atoms with E-state index in [-0.39, 0.29) is 0 Å². The maximum absolute atomic E-state index is 6.09. The minimum Gasteiger partial charge on any atom is -0.486 e. The molecule has 118 valence electrons. The molecule has 1 aliphatic heterocycles. The molecule has 0 unspecified atom stereocenters. The van der Waals surface area contributed by atoms with Crippen LogP contribution >= 0.6 is 11.6 Å². The van der Waals surface area contributed by atoms with Crippen LogP contribution in [0.3, 0.4) is 0 Å². The summed E-state index contributed by atoms with van der Waals surface area (Å²) in [5.74, 6) is 2.31. The van der Waals surface area contributed by atoms with E-state index in [0.29, 0.717) is 26.3 Å². The number of hydrogen-bond donors (Lipinski definition) is 1. The number of halogens is 1. The fourth-order valence-corrected chi connectivity index (χ4v) is 3.07. The largest absolute Gasteiger partial charge is 0.486 e. The third-order valence-corrected chi connectivity index (χ3v) is 4.14. The number of nitrogens with two attached hydrogens (primary N) is 1. The zero-order chi connectivity index (χ0) is 15.8. The fourth-order valence-electron chi connectivity index (χ4n) is 2.86. The van der Waals surface area contributed by atoms with Gasteiger partial charge >= 0.3 is 0 Å². The molecule has 0 radical (unpaired) electrons. The lowest BCUT2D eigenvalue weighted by molar-refractivity contribution is 0.172. The number of imidazole rings is 1. The Labute approximate surface area is 138 Å². The molecule has 0 saturated carbocycles. The highest BCUT2D eigenvalue weighted by atomic mass is 35.5. The maximum Gasteiger partial charge on any atom is 0.163 e. The predicted molar refractivity (Wildman–Crippen MR) is 89.2 cm³/mol. The van der Waals surface area contributed by atoms with Gasteiger partial charge in [-0.25, -0.2) is 4.98 Å². The minimum atomic E-state index is 0.363. The van der Waals surface area contributed by atoms with E-state index in [0.717, 1.165) is 38.9 Å². The molecule has 6 heteroatoms. The van der Waals surface area contributed by atoms with Crippen LogP contribution in [0.15, 0.2) is 36.4 Å². The molecular formula is C17H16ClN3O2. The van der Waals surface area contributed by atoms with Crippen LogP contribution in [0.1, 0.15) is 11.4 Å². The highest BCUT2D eigenvalue weighted by molar-refractivity contribution is 6.30. The third-order valence-electron chi connectivity index (χ3n) is 3.90. The smallest absolute Gasteiger partial charge is 0.163 e. The zero-order valence-corrected chi connectivity index (χ0v) is 13.2. The zero-order valence-electron chi connectivity index (χ0n) is 12.5. The molecule has 3 aromatic rings. The second-order valence-electron chi connectivity index (χ2n) is 5.43. The molecule has 0 saturated heterocycles. The van der Waals surface area contributed by atoms with E-state index in [9.17, 15) is 0 Å². The average molecular weight is 330 g/mol. The number of benzene rings is 2. The molecule has 1 aromatic heterocycles. The first kappa shape index (κ1) is 14.4. The summed E-state index contributed by atoms with van der Waals surface area (Å²) in [7, 11) is 0. The number of ether oxygens (including phenoxy) is 2. The molecule has 1 aliphatic rings. The SMILES string of the molecule is NCc1nc2cc3c(cc2n1Cc1cccc(Cl)c1)OCCO3. The van der Waals surface area contributed by atoms with Crippen LogP contribution in [0.2, 0.25) is 5.02 Å². The average Bonchev–Trinajstić information content (AvgIpc) is 2.90. The first-order valence-corrected chi connectivity index (χ1v) is 7.85. The summed E-state index contributed by atoms with van der Waals surface area (Å²) in [5.41, 5.74) is 8.82. The van der Waals surface area contributed by atoms with Gasteiger partial charge in [0.05, 0.1) is 17.6 Å². The fraction of sp³-hybridized carbons (Fsp3) is 0.235. The second kappa shape index (κ2) is 5.76. The predicted octanol–water partition coefficient (Wildman–Crippen LogP) is 2.97. The molecule has 2 aromatic carbocycles. The van der Waals surface area contributed by atoms with Crippen LogP contribution in [0.5, 0.6) is 11.5 Å². The number of rotatable bonds is 3. The van der Waals surface area contributed by atoms with Gasteiger partial charge < -0.3 is 19.8 Å². The van der Waals surface area contributed by atoms with Gasteiger partial charge in [0, 0.05) is 23.7 Å². The van der Waals surface area contributed by atoms with Crippen LogP contribution in [-0.4, -0.2) is 22.8 Å². The van der Waals surface area contributed by atoms with Crippen molar-refractivity contribution in [3.8, 4) is 11.5 Å². The molecule has 0 amide bonds. The maximum atomic E-state index is 6.09. The minimum absolute atomic E-state index is 0.363. The van der Waals surface area contributed by atoms with Gasteiger partial charge in [-0.15, -0.1) is 0 Å². The van der Waals surface area contributed by atoms with Crippen molar-refractivity contribution in [1.29, 1.82) is 0 Å². The molecule has 23 heavy (non-hydrogen) atoms. The van der Waals surface area contributed by atoms with Gasteiger partial charge in [0.2, 0.25) is 0 Å². The summed E-state index contributed by atoms with van der Waals surface area (Å²) in [6, 6.07) is 11.7. The van der Waals surface area contributed by atoms with E-state index in [1.807, 2.05) is 36.4 Å². The molecule has 5 nitrogen and oxygen atoms in total. The van der Waals surface area contributed by atoms with Crippen molar-refractivity contribution in [1.82, 2.24) is 9.55 Å². The van der Waals surface area contributed by atoms with Crippen LogP contribution in [0.25, 0.3) is 11.0 Å². The second-order valence-corrected chi connectivity index (χ2v) is 5.87. The van der Waals surface area contributed by atoms with Crippen LogP contribution < -0.4 is 15.2 Å². The number of nitrogens with zero attached hydrogens (tertiary/aromatic N) is 2. The van der Waals surface area contributed by atoms with E-state index in [1.165, 1.54) is 0 Å². The molecule has 0 fully saturated rings. The van der Waals surface area contributed by atoms with Crippen LogP contribution in [0.4, 0.5) is 0 Å². The Bertz CT molecular complexity index is 876. The molecule has 0 spiro atoms. The van der Waals surface area contributed by atoms with Gasteiger partial charge in [-0.2, -0.15) is 0 Å². The van der Waals surface area contributed by atoms with Gasteiger partial charge in [-0.05, 0) is 17.7 Å². The Kier molecular flexibility index (Phi) is 3.59. The highest BCUT2D eigenvalue weighted by Gasteiger charge is 2.17. The summed E-state index contributed by atoms with van der Waals surface area (Å²) >= 11 is 6.09. The standard InChI is InChI=1S/C17H16ClN3O2/c18-12-3-1-2-11(6-12)10-21-14-8-16-15(22-4-5-23-16)7-13(14)20-17(21)9-19/h1-3,6-8H,4-5,9-10,19H2. The Hall–Kier alpha value is -2.24. The quantitative estimate of drug-likeness (QED) is 0.802. The van der Waals surface area contributed by atoms with Gasteiger partial charge in [0.1, 0.15) is 19.0 Å². The third kappa shape index (κ3) is 2.62. The first-order chi connectivity index (χ1) is 11.2. The normalized spacial score (nSPS) is 13.5. The number of fused-ring (bicyclic) bond motifs is 2. The lowest BCUT2D eigenvalue weighted by Gasteiger charge is -2.18. The monoisotopic (exact) mass is 329 g/mol. The number of aromatic nitrogens is 2. The van der Waals surface area contributed by atoms with Gasteiger partial charge in [0.15, 0.2) is 11.5 Å². The van der Waals surface area contributed by atoms with Gasteiger partial charge in [-0.3, -0.25) is 0 Å². The number of hydrogen-bond acceptors (Lipinski definition) is 4. The van der Waals surface area contributed by atoms with Crippen LogP contribution in [-0.2, 0) is 13.1 Å². The van der Waals surface area contributed by atoms with Crippen LogP contribution in [0, 0.1) is 0 Å². The molecule has 0 bridgehead atoms. The Morgan fingerprint density at radius 2 is 1.91 bits per heavy atom. The Morgan fingerprint density at radius 1 is 1.13 bits per heavy atom. The van der Waals surface area contributed by atoms with E-state index >= 15 is 0 Å². The van der Waals surface area contributed by atoms with E-state index in [4.69, 9.17) is 26.8 Å². The van der Waals surface area contributed by atoms with E-state index in [2.05, 4.69) is 9.55 Å². The van der Waals surface area contributed by atoms with Gasteiger partial charge in [0.25, 0.3) is 0 Å². The summed E-state index contributed by atoms with van der Waals surface area (Å²) in [6.45, 7) is 2.14. The Balaban J connectivity index is 1.83. The summed E-state index contributed by atoms with van der Waals surface area (Å²) in [5, 5.41) is 0.718. The molecule has 4 rings (SSSR count). The summed E-state index contributed by atoms with van der Waals surface area (Å²) < 4.78 is 13.4. The van der Waals surface area contributed by atoms with Crippen molar-refractivity contribution < 1.29 is 9.47 Å². The highest BCUT2D eigenvalue weighted by Crippen LogP contribution is 2.35. The molecular weight excluding hydrogens is 314 g/mol. The van der Waals surface area contributed by atoms with Crippen molar-refractivity contribution in [2.45, 2.75) is 13.1 Å². The Morgan fingerprint density at radius 3 is 2.65 bits per heavy atom. The molecule has 0 atom stereocenters. The summed E-state index contributed by atoms with van der Waals surface area (Å²) in [4.78, 5) is 4.63. The van der Waals surface area contributed by atoms with Crippen molar-refractivity contribution >= 4 is 22.6 Å². The van der Waals surface area contributed by atoms with Gasteiger partial charge in [-0.1, -0.05) is 23.7 Å².